The lowest BCUT2D eigenvalue weighted by atomic mass is 9.90. The van der Waals surface area contributed by atoms with Crippen molar-refractivity contribution in [1.29, 1.82) is 0 Å². The maximum Gasteiger partial charge on any atom is 0.181 e. The van der Waals surface area contributed by atoms with Gasteiger partial charge in [-0.05, 0) is 13.8 Å². The molecule has 0 amide bonds. The molecular weight excluding hydrogens is 196 g/mol. The first kappa shape index (κ1) is 11.3. The third-order valence-corrected chi connectivity index (χ3v) is 2.67. The van der Waals surface area contributed by atoms with Gasteiger partial charge in [0.25, 0.3) is 0 Å². The maximum atomic E-state index is 5.64. The minimum atomic E-state index is -0.204. The molecule has 2 fully saturated rings. The smallest absolute Gasteiger partial charge is 0.181 e. The first-order chi connectivity index (χ1) is 6.99. The molecule has 2 heterocycles. The van der Waals surface area contributed by atoms with Gasteiger partial charge in [-0.3, -0.25) is 0 Å². The monoisotopic (exact) mass is 216 g/mol. The Morgan fingerprint density at radius 3 is 2.40 bits per heavy atom. The molecule has 4 nitrogen and oxygen atoms in total. The van der Waals surface area contributed by atoms with Crippen molar-refractivity contribution >= 4 is 0 Å². The van der Waals surface area contributed by atoms with Gasteiger partial charge in [-0.15, -0.1) is 0 Å². The highest BCUT2D eigenvalue weighted by Gasteiger charge is 2.36. The molecule has 1 atom stereocenters. The van der Waals surface area contributed by atoms with Crippen molar-refractivity contribution in [2.24, 2.45) is 5.41 Å². The van der Waals surface area contributed by atoms with Crippen LogP contribution >= 0.6 is 0 Å². The minimum absolute atomic E-state index is 0.169. The molecule has 0 aliphatic carbocycles. The standard InChI is InChI=1S/C11H20O4/c1-10(2)5-14-9(15-10)4-12-6-11(3)7-13-8-11/h9H,4-8H2,1-3H3. The zero-order valence-electron chi connectivity index (χ0n) is 9.75. The molecule has 88 valence electrons. The minimum Gasteiger partial charge on any atom is -0.380 e. The van der Waals surface area contributed by atoms with E-state index in [0.717, 1.165) is 19.8 Å². The summed E-state index contributed by atoms with van der Waals surface area (Å²) >= 11 is 0. The summed E-state index contributed by atoms with van der Waals surface area (Å²) in [6, 6.07) is 0. The van der Waals surface area contributed by atoms with Crippen molar-refractivity contribution in [3.05, 3.63) is 0 Å². The second-order valence-electron chi connectivity index (χ2n) is 5.44. The van der Waals surface area contributed by atoms with E-state index in [2.05, 4.69) is 6.92 Å². The second kappa shape index (κ2) is 4.01. The van der Waals surface area contributed by atoms with Crippen LogP contribution in [0.4, 0.5) is 0 Å². The summed E-state index contributed by atoms with van der Waals surface area (Å²) in [5, 5.41) is 0. The van der Waals surface area contributed by atoms with Crippen LogP contribution < -0.4 is 0 Å². The highest BCUT2D eigenvalue weighted by Crippen LogP contribution is 2.27. The summed E-state index contributed by atoms with van der Waals surface area (Å²) in [5.41, 5.74) is 0.0334. The van der Waals surface area contributed by atoms with E-state index in [1.165, 1.54) is 0 Å². The Balaban J connectivity index is 1.62. The SMILES string of the molecule is CC1(COCC2OCC(C)(C)O2)COC1. The van der Waals surface area contributed by atoms with Crippen LogP contribution in [0.1, 0.15) is 20.8 Å². The second-order valence-corrected chi connectivity index (χ2v) is 5.44. The Hall–Kier alpha value is -0.160. The molecule has 1 unspecified atom stereocenters. The van der Waals surface area contributed by atoms with Crippen LogP contribution in [0.15, 0.2) is 0 Å². The molecule has 0 aromatic carbocycles. The van der Waals surface area contributed by atoms with Crippen molar-refractivity contribution in [3.63, 3.8) is 0 Å². The molecule has 0 aromatic heterocycles. The molecule has 2 aliphatic heterocycles. The average molecular weight is 216 g/mol. The van der Waals surface area contributed by atoms with E-state index in [0.29, 0.717) is 13.2 Å². The van der Waals surface area contributed by atoms with Crippen molar-refractivity contribution < 1.29 is 18.9 Å². The molecule has 2 aliphatic rings. The van der Waals surface area contributed by atoms with E-state index in [1.807, 2.05) is 13.8 Å². The van der Waals surface area contributed by atoms with Gasteiger partial charge < -0.3 is 18.9 Å². The highest BCUT2D eigenvalue weighted by atomic mass is 16.7. The van der Waals surface area contributed by atoms with E-state index >= 15 is 0 Å². The lowest BCUT2D eigenvalue weighted by Gasteiger charge is -2.37. The van der Waals surface area contributed by atoms with E-state index < -0.39 is 0 Å². The van der Waals surface area contributed by atoms with Gasteiger partial charge in [-0.2, -0.15) is 0 Å². The Kier molecular flexibility index (Phi) is 3.03. The normalized spacial score (nSPS) is 32.6. The topological polar surface area (TPSA) is 36.9 Å². The van der Waals surface area contributed by atoms with Crippen molar-refractivity contribution in [1.82, 2.24) is 0 Å². The molecular formula is C11H20O4. The van der Waals surface area contributed by atoms with Gasteiger partial charge in [0.2, 0.25) is 0 Å². The molecule has 2 rings (SSSR count). The summed E-state index contributed by atoms with van der Waals surface area (Å²) in [6.45, 7) is 9.67. The number of ether oxygens (including phenoxy) is 4. The molecule has 0 bridgehead atoms. The molecule has 0 aromatic rings. The molecule has 0 N–H and O–H groups in total. The Morgan fingerprint density at radius 1 is 1.20 bits per heavy atom. The van der Waals surface area contributed by atoms with Crippen LogP contribution in [-0.2, 0) is 18.9 Å². The van der Waals surface area contributed by atoms with Crippen LogP contribution in [0.5, 0.6) is 0 Å². The van der Waals surface area contributed by atoms with E-state index in [1.54, 1.807) is 0 Å². The summed E-state index contributed by atoms with van der Waals surface area (Å²) in [4.78, 5) is 0. The largest absolute Gasteiger partial charge is 0.380 e. The van der Waals surface area contributed by atoms with Crippen LogP contribution in [0.25, 0.3) is 0 Å². The van der Waals surface area contributed by atoms with Gasteiger partial charge in [0.1, 0.15) is 0 Å². The van der Waals surface area contributed by atoms with Crippen molar-refractivity contribution in [3.8, 4) is 0 Å². The molecule has 15 heavy (non-hydrogen) atoms. The van der Waals surface area contributed by atoms with Crippen molar-refractivity contribution in [2.45, 2.75) is 32.7 Å². The van der Waals surface area contributed by atoms with Crippen molar-refractivity contribution in [2.75, 3.05) is 33.0 Å². The Morgan fingerprint density at radius 2 is 1.93 bits per heavy atom. The Bertz CT molecular complexity index is 223. The van der Waals surface area contributed by atoms with Gasteiger partial charge in [0.05, 0.1) is 38.6 Å². The maximum absolute atomic E-state index is 5.64. The summed E-state index contributed by atoms with van der Waals surface area (Å²) in [6.07, 6.45) is -0.204. The quantitative estimate of drug-likeness (QED) is 0.707. The molecule has 0 spiro atoms. The predicted molar refractivity (Wildman–Crippen MR) is 54.6 cm³/mol. The fourth-order valence-corrected chi connectivity index (χ4v) is 1.74. The molecule has 4 heteroatoms. The van der Waals surface area contributed by atoms with Gasteiger partial charge in [0.15, 0.2) is 6.29 Å². The first-order valence-electron chi connectivity index (χ1n) is 5.44. The Labute approximate surface area is 90.8 Å². The van der Waals surface area contributed by atoms with E-state index in [-0.39, 0.29) is 17.3 Å². The zero-order valence-corrected chi connectivity index (χ0v) is 9.75. The van der Waals surface area contributed by atoms with Crippen LogP contribution in [0.3, 0.4) is 0 Å². The first-order valence-corrected chi connectivity index (χ1v) is 5.44. The highest BCUT2D eigenvalue weighted by molar-refractivity contribution is 4.80. The van der Waals surface area contributed by atoms with Gasteiger partial charge in [0, 0.05) is 5.41 Å². The summed E-state index contributed by atoms with van der Waals surface area (Å²) in [7, 11) is 0. The average Bonchev–Trinajstić information content (AvgIpc) is 2.43. The zero-order chi connectivity index (χ0) is 10.9. The fraction of sp³-hybridized carbons (Fsp3) is 1.00. The van der Waals surface area contributed by atoms with Gasteiger partial charge >= 0.3 is 0 Å². The molecule has 2 saturated heterocycles. The third-order valence-electron chi connectivity index (χ3n) is 2.67. The predicted octanol–water partition coefficient (Wildman–Crippen LogP) is 1.19. The molecule has 0 saturated carbocycles. The van der Waals surface area contributed by atoms with E-state index in [9.17, 15) is 0 Å². The van der Waals surface area contributed by atoms with Crippen LogP contribution in [-0.4, -0.2) is 44.9 Å². The van der Waals surface area contributed by atoms with Gasteiger partial charge in [-0.25, -0.2) is 0 Å². The van der Waals surface area contributed by atoms with Crippen LogP contribution in [0.2, 0.25) is 0 Å². The number of rotatable bonds is 4. The van der Waals surface area contributed by atoms with Gasteiger partial charge in [-0.1, -0.05) is 6.92 Å². The fourth-order valence-electron chi connectivity index (χ4n) is 1.74. The van der Waals surface area contributed by atoms with Crippen LogP contribution in [0, 0.1) is 5.41 Å². The summed E-state index contributed by atoms with van der Waals surface area (Å²) < 4.78 is 21.8. The lowest BCUT2D eigenvalue weighted by Crippen LogP contribution is -2.44. The number of hydrogen-bond donors (Lipinski definition) is 0. The number of hydrogen-bond acceptors (Lipinski definition) is 4. The lowest BCUT2D eigenvalue weighted by molar-refractivity contribution is -0.167. The molecule has 0 radical (unpaired) electrons. The van der Waals surface area contributed by atoms with E-state index in [4.69, 9.17) is 18.9 Å². The summed E-state index contributed by atoms with van der Waals surface area (Å²) in [5.74, 6) is 0. The third kappa shape index (κ3) is 2.91.